The van der Waals surface area contributed by atoms with Gasteiger partial charge in [0.1, 0.15) is 9.10 Å². The van der Waals surface area contributed by atoms with Crippen molar-refractivity contribution in [2.45, 2.75) is 23.0 Å². The van der Waals surface area contributed by atoms with Crippen molar-refractivity contribution in [1.82, 2.24) is 10.2 Å². The van der Waals surface area contributed by atoms with Crippen LogP contribution in [-0.2, 0) is 9.84 Å². The summed E-state index contributed by atoms with van der Waals surface area (Å²) in [6.45, 7) is 3.39. The zero-order valence-electron chi connectivity index (χ0n) is 8.31. The van der Waals surface area contributed by atoms with E-state index in [9.17, 15) is 8.42 Å². The SMILES string of the molecule is Cc1n[nH]c(C)c1S(=O)(=O)c1cccs1. The van der Waals surface area contributed by atoms with Crippen molar-refractivity contribution in [1.29, 1.82) is 0 Å². The highest BCUT2D eigenvalue weighted by Gasteiger charge is 2.25. The minimum Gasteiger partial charge on any atom is -0.281 e. The van der Waals surface area contributed by atoms with Gasteiger partial charge in [0.2, 0.25) is 9.84 Å². The molecule has 2 aromatic heterocycles. The molecule has 0 radical (unpaired) electrons. The Morgan fingerprint density at radius 2 is 2.13 bits per heavy atom. The molecule has 0 saturated heterocycles. The number of aromatic amines is 1. The number of rotatable bonds is 2. The maximum Gasteiger partial charge on any atom is 0.219 e. The van der Waals surface area contributed by atoms with E-state index in [1.807, 2.05) is 0 Å². The first-order chi connectivity index (χ1) is 7.03. The molecule has 1 N–H and O–H groups in total. The Labute approximate surface area is 91.9 Å². The summed E-state index contributed by atoms with van der Waals surface area (Å²) < 4.78 is 24.7. The number of nitrogens with one attached hydrogen (secondary N) is 1. The van der Waals surface area contributed by atoms with Crippen LogP contribution in [0.3, 0.4) is 0 Å². The fourth-order valence-corrected chi connectivity index (χ4v) is 4.17. The minimum atomic E-state index is -3.39. The third kappa shape index (κ3) is 1.59. The second kappa shape index (κ2) is 3.46. The Kier molecular flexibility index (Phi) is 2.40. The molecule has 0 aliphatic carbocycles. The molecular weight excluding hydrogens is 232 g/mol. The van der Waals surface area contributed by atoms with Crippen LogP contribution in [0.15, 0.2) is 26.6 Å². The lowest BCUT2D eigenvalue weighted by Gasteiger charge is -2.00. The second-order valence-corrected chi connectivity index (χ2v) is 6.26. The van der Waals surface area contributed by atoms with Crippen LogP contribution in [0.2, 0.25) is 0 Å². The average Bonchev–Trinajstić information content (AvgIpc) is 2.75. The summed E-state index contributed by atoms with van der Waals surface area (Å²) in [5.41, 5.74) is 1.10. The quantitative estimate of drug-likeness (QED) is 0.875. The zero-order valence-corrected chi connectivity index (χ0v) is 9.95. The third-order valence-corrected chi connectivity index (χ3v) is 5.50. The van der Waals surface area contributed by atoms with Gasteiger partial charge in [-0.05, 0) is 25.3 Å². The van der Waals surface area contributed by atoms with Gasteiger partial charge in [0.15, 0.2) is 0 Å². The van der Waals surface area contributed by atoms with E-state index < -0.39 is 9.84 Å². The zero-order chi connectivity index (χ0) is 11.1. The molecule has 0 fully saturated rings. The van der Waals surface area contributed by atoms with E-state index >= 15 is 0 Å². The van der Waals surface area contributed by atoms with Gasteiger partial charge < -0.3 is 0 Å². The van der Waals surface area contributed by atoms with E-state index in [2.05, 4.69) is 10.2 Å². The van der Waals surface area contributed by atoms with Gasteiger partial charge in [0, 0.05) is 0 Å². The number of thiophene rings is 1. The Hall–Kier alpha value is -1.14. The van der Waals surface area contributed by atoms with Crippen molar-refractivity contribution in [2.75, 3.05) is 0 Å². The van der Waals surface area contributed by atoms with Crippen molar-refractivity contribution in [3.8, 4) is 0 Å². The first-order valence-corrected chi connectivity index (χ1v) is 6.70. The molecule has 2 heterocycles. The van der Waals surface area contributed by atoms with E-state index in [0.717, 1.165) is 0 Å². The van der Waals surface area contributed by atoms with E-state index in [1.54, 1.807) is 31.4 Å². The first kappa shape index (κ1) is 10.4. The number of sulfone groups is 1. The fraction of sp³-hybridized carbons (Fsp3) is 0.222. The highest BCUT2D eigenvalue weighted by molar-refractivity contribution is 7.93. The van der Waals surface area contributed by atoms with Crippen molar-refractivity contribution in [2.24, 2.45) is 0 Å². The minimum absolute atomic E-state index is 0.296. The van der Waals surface area contributed by atoms with E-state index in [1.165, 1.54) is 11.3 Å². The van der Waals surface area contributed by atoms with E-state index in [4.69, 9.17) is 0 Å². The monoisotopic (exact) mass is 242 g/mol. The van der Waals surface area contributed by atoms with Crippen LogP contribution in [0.1, 0.15) is 11.4 Å². The summed E-state index contributed by atoms with van der Waals surface area (Å²) in [6, 6.07) is 3.33. The summed E-state index contributed by atoms with van der Waals surface area (Å²) in [5.74, 6) is 0. The largest absolute Gasteiger partial charge is 0.281 e. The standard InChI is InChI=1S/C9H10N2O2S2/c1-6-9(7(2)11-10-6)15(12,13)8-4-3-5-14-8/h3-5H,1-2H3,(H,10,11). The lowest BCUT2D eigenvalue weighted by molar-refractivity contribution is 0.597. The average molecular weight is 242 g/mol. The molecule has 0 bridgehead atoms. The summed E-state index contributed by atoms with van der Waals surface area (Å²) >= 11 is 1.22. The van der Waals surface area contributed by atoms with Crippen molar-refractivity contribution in [3.63, 3.8) is 0 Å². The molecule has 15 heavy (non-hydrogen) atoms. The van der Waals surface area contributed by atoms with Crippen LogP contribution in [0, 0.1) is 13.8 Å². The Morgan fingerprint density at radius 3 is 2.60 bits per heavy atom. The molecule has 2 aromatic rings. The van der Waals surface area contributed by atoms with E-state index in [-0.39, 0.29) is 0 Å². The normalized spacial score (nSPS) is 11.9. The fourth-order valence-electron chi connectivity index (χ4n) is 1.45. The van der Waals surface area contributed by atoms with Gasteiger partial charge in [-0.25, -0.2) is 8.42 Å². The summed E-state index contributed by atoms with van der Waals surface area (Å²) in [7, 11) is -3.39. The van der Waals surface area contributed by atoms with Crippen molar-refractivity contribution < 1.29 is 8.42 Å². The van der Waals surface area contributed by atoms with Gasteiger partial charge in [-0.1, -0.05) is 6.07 Å². The Bertz CT molecular complexity index is 548. The van der Waals surface area contributed by atoms with Crippen LogP contribution >= 0.6 is 11.3 Å². The molecule has 80 valence electrons. The van der Waals surface area contributed by atoms with Crippen LogP contribution in [-0.4, -0.2) is 18.6 Å². The van der Waals surface area contributed by atoms with Gasteiger partial charge in [-0.3, -0.25) is 5.10 Å². The third-order valence-electron chi connectivity index (χ3n) is 2.09. The number of hydrogen-bond donors (Lipinski definition) is 1. The van der Waals surface area contributed by atoms with Gasteiger partial charge in [-0.2, -0.15) is 5.10 Å². The first-order valence-electron chi connectivity index (χ1n) is 4.33. The molecule has 6 heteroatoms. The van der Waals surface area contributed by atoms with E-state index in [0.29, 0.717) is 20.5 Å². The molecule has 2 rings (SSSR count). The molecule has 4 nitrogen and oxygen atoms in total. The molecule has 0 unspecified atom stereocenters. The number of hydrogen-bond acceptors (Lipinski definition) is 4. The lowest BCUT2D eigenvalue weighted by Crippen LogP contribution is -2.02. The van der Waals surface area contributed by atoms with Crippen LogP contribution < -0.4 is 0 Å². The number of aromatic nitrogens is 2. The predicted octanol–water partition coefficient (Wildman–Crippen LogP) is 1.92. The second-order valence-electron chi connectivity index (χ2n) is 3.20. The molecule has 0 saturated carbocycles. The number of nitrogens with zero attached hydrogens (tertiary/aromatic N) is 1. The molecule has 0 atom stereocenters. The van der Waals surface area contributed by atoms with Gasteiger partial charge in [-0.15, -0.1) is 11.3 Å². The smallest absolute Gasteiger partial charge is 0.219 e. The van der Waals surface area contributed by atoms with Crippen LogP contribution in [0.25, 0.3) is 0 Å². The van der Waals surface area contributed by atoms with Gasteiger partial charge >= 0.3 is 0 Å². The van der Waals surface area contributed by atoms with Crippen molar-refractivity contribution >= 4 is 21.2 Å². The Morgan fingerprint density at radius 1 is 1.40 bits per heavy atom. The summed E-state index contributed by atoms with van der Waals surface area (Å²) in [5, 5.41) is 8.32. The Balaban J connectivity index is 2.67. The molecule has 0 aliphatic rings. The van der Waals surface area contributed by atoms with Gasteiger partial charge in [0.25, 0.3) is 0 Å². The topological polar surface area (TPSA) is 62.8 Å². The molecule has 0 spiro atoms. The van der Waals surface area contributed by atoms with Crippen LogP contribution in [0.5, 0.6) is 0 Å². The number of H-pyrrole nitrogens is 1. The maximum atomic E-state index is 12.1. The lowest BCUT2D eigenvalue weighted by atomic mass is 10.4. The van der Waals surface area contributed by atoms with Gasteiger partial charge in [0.05, 0.1) is 11.4 Å². The highest BCUT2D eigenvalue weighted by Crippen LogP contribution is 2.28. The van der Waals surface area contributed by atoms with Crippen LogP contribution in [0.4, 0.5) is 0 Å². The predicted molar refractivity (Wildman–Crippen MR) is 57.8 cm³/mol. The highest BCUT2D eigenvalue weighted by atomic mass is 32.2. The summed E-state index contributed by atoms with van der Waals surface area (Å²) in [6.07, 6.45) is 0. The summed E-state index contributed by atoms with van der Waals surface area (Å²) in [4.78, 5) is 0.296. The van der Waals surface area contributed by atoms with Crippen molar-refractivity contribution in [3.05, 3.63) is 28.9 Å². The maximum absolute atomic E-state index is 12.1. The molecule has 0 aromatic carbocycles. The molecule has 0 amide bonds. The molecule has 0 aliphatic heterocycles. The molecular formula is C9H10N2O2S2. The number of aryl methyl sites for hydroxylation is 2.